The first-order valence-electron chi connectivity index (χ1n) is 8.42. The van der Waals surface area contributed by atoms with Gasteiger partial charge in [-0.3, -0.25) is 0 Å². The molecule has 2 saturated carbocycles. The second kappa shape index (κ2) is 7.99. The Morgan fingerprint density at radius 3 is 2.33 bits per heavy atom. The summed E-state index contributed by atoms with van der Waals surface area (Å²) in [5.41, 5.74) is 0. The van der Waals surface area contributed by atoms with Crippen LogP contribution in [0.4, 0.5) is 4.79 Å². The molecule has 0 bridgehead atoms. The zero-order valence-corrected chi connectivity index (χ0v) is 13.5. The molecule has 5 nitrogen and oxygen atoms in total. The molecule has 0 radical (unpaired) electrons. The van der Waals surface area contributed by atoms with E-state index in [1.807, 2.05) is 0 Å². The molecule has 0 aromatic heterocycles. The first-order valence-corrected chi connectivity index (χ1v) is 8.42. The topological polar surface area (TPSA) is 64.6 Å². The molecular weight excluding hydrogens is 266 g/mol. The predicted octanol–water partition coefficient (Wildman–Crippen LogP) is 1.71. The van der Waals surface area contributed by atoms with Gasteiger partial charge in [0.1, 0.15) is 0 Å². The molecule has 2 rings (SSSR count). The molecule has 2 atom stereocenters. The van der Waals surface area contributed by atoms with Crippen molar-refractivity contribution in [2.45, 2.75) is 69.5 Å². The maximum Gasteiger partial charge on any atom is 0.315 e. The minimum atomic E-state index is -0.00754. The molecule has 21 heavy (non-hydrogen) atoms. The molecule has 2 fully saturated rings. The van der Waals surface area contributed by atoms with Crippen molar-refractivity contribution in [3.8, 4) is 0 Å². The van der Waals surface area contributed by atoms with Crippen molar-refractivity contribution in [1.29, 1.82) is 0 Å². The van der Waals surface area contributed by atoms with E-state index in [1.165, 1.54) is 12.8 Å². The van der Waals surface area contributed by atoms with Crippen LogP contribution in [0.3, 0.4) is 0 Å². The minimum absolute atomic E-state index is 0.00754. The van der Waals surface area contributed by atoms with Crippen LogP contribution in [0.5, 0.6) is 0 Å². The van der Waals surface area contributed by atoms with Crippen molar-refractivity contribution < 1.29 is 9.90 Å². The van der Waals surface area contributed by atoms with Crippen LogP contribution in [-0.4, -0.2) is 54.9 Å². The van der Waals surface area contributed by atoms with Gasteiger partial charge in [0.05, 0.1) is 0 Å². The van der Waals surface area contributed by atoms with Crippen LogP contribution in [0.25, 0.3) is 0 Å². The van der Waals surface area contributed by atoms with Crippen molar-refractivity contribution in [3.63, 3.8) is 0 Å². The van der Waals surface area contributed by atoms with E-state index >= 15 is 0 Å². The highest BCUT2D eigenvalue weighted by atomic mass is 16.3. The number of urea groups is 1. The molecule has 0 aromatic rings. The van der Waals surface area contributed by atoms with E-state index in [2.05, 4.69) is 29.6 Å². The zero-order valence-electron chi connectivity index (χ0n) is 13.5. The summed E-state index contributed by atoms with van der Waals surface area (Å²) in [6.07, 6.45) is 8.59. The average molecular weight is 297 g/mol. The van der Waals surface area contributed by atoms with Crippen LogP contribution in [0.2, 0.25) is 0 Å². The van der Waals surface area contributed by atoms with E-state index in [-0.39, 0.29) is 18.7 Å². The second-order valence-corrected chi connectivity index (χ2v) is 7.00. The molecule has 122 valence electrons. The molecule has 3 N–H and O–H groups in total. The molecule has 0 saturated heterocycles. The van der Waals surface area contributed by atoms with E-state index in [9.17, 15) is 4.79 Å². The van der Waals surface area contributed by atoms with E-state index < -0.39 is 0 Å². The largest absolute Gasteiger partial charge is 0.396 e. The first kappa shape index (κ1) is 16.6. The van der Waals surface area contributed by atoms with Crippen LogP contribution < -0.4 is 10.6 Å². The van der Waals surface area contributed by atoms with Gasteiger partial charge in [0.2, 0.25) is 0 Å². The van der Waals surface area contributed by atoms with Gasteiger partial charge < -0.3 is 20.6 Å². The number of aliphatic hydroxyl groups is 1. The molecule has 0 heterocycles. The third-order valence-corrected chi connectivity index (χ3v) is 5.15. The zero-order chi connectivity index (χ0) is 15.2. The summed E-state index contributed by atoms with van der Waals surface area (Å²) < 4.78 is 0. The third kappa shape index (κ3) is 5.15. The Bertz CT molecular complexity index is 327. The lowest BCUT2D eigenvalue weighted by atomic mass is 9.86. The molecule has 2 unspecified atom stereocenters. The smallest absolute Gasteiger partial charge is 0.315 e. The average Bonchev–Trinajstić information content (AvgIpc) is 2.48. The highest BCUT2D eigenvalue weighted by molar-refractivity contribution is 5.74. The van der Waals surface area contributed by atoms with Crippen LogP contribution in [-0.2, 0) is 0 Å². The molecule has 2 amide bonds. The highest BCUT2D eigenvalue weighted by Crippen LogP contribution is 2.24. The molecule has 5 heteroatoms. The number of hydrogen-bond acceptors (Lipinski definition) is 3. The van der Waals surface area contributed by atoms with Crippen molar-refractivity contribution >= 4 is 6.03 Å². The fraction of sp³-hybridized carbons (Fsp3) is 0.938. The summed E-state index contributed by atoms with van der Waals surface area (Å²) in [7, 11) is 4.24. The van der Waals surface area contributed by atoms with Gasteiger partial charge >= 0.3 is 6.03 Å². The third-order valence-electron chi connectivity index (χ3n) is 5.15. The quantitative estimate of drug-likeness (QED) is 0.740. The summed E-state index contributed by atoms with van der Waals surface area (Å²) >= 11 is 0. The van der Waals surface area contributed by atoms with Gasteiger partial charge in [-0.25, -0.2) is 4.79 Å². The Balaban J connectivity index is 1.69. The van der Waals surface area contributed by atoms with E-state index in [0.29, 0.717) is 18.0 Å². The second-order valence-electron chi connectivity index (χ2n) is 7.00. The van der Waals surface area contributed by atoms with Gasteiger partial charge in [0, 0.05) is 24.7 Å². The van der Waals surface area contributed by atoms with Crippen LogP contribution in [0.15, 0.2) is 0 Å². The number of nitrogens with zero attached hydrogens (tertiary/aromatic N) is 1. The Morgan fingerprint density at radius 1 is 1.05 bits per heavy atom. The minimum Gasteiger partial charge on any atom is -0.396 e. The number of carbonyl (C=O) groups is 1. The fourth-order valence-corrected chi connectivity index (χ4v) is 3.67. The van der Waals surface area contributed by atoms with Crippen LogP contribution >= 0.6 is 0 Å². The summed E-state index contributed by atoms with van der Waals surface area (Å²) in [4.78, 5) is 14.4. The van der Waals surface area contributed by atoms with E-state index in [0.717, 1.165) is 38.5 Å². The highest BCUT2D eigenvalue weighted by Gasteiger charge is 2.26. The summed E-state index contributed by atoms with van der Waals surface area (Å²) in [6.45, 7) is 0.285. The van der Waals surface area contributed by atoms with Gasteiger partial charge in [-0.05, 0) is 71.4 Å². The summed E-state index contributed by atoms with van der Waals surface area (Å²) in [5.74, 6) is 0.435. The SMILES string of the molecule is CN(C)C1CCCC(NC(=O)NC2CCC(CO)CC2)C1. The monoisotopic (exact) mass is 297 g/mol. The molecule has 0 spiro atoms. The van der Waals surface area contributed by atoms with E-state index in [1.54, 1.807) is 0 Å². The number of nitrogens with one attached hydrogen (secondary N) is 2. The Labute approximate surface area is 128 Å². The maximum atomic E-state index is 12.1. The number of carbonyl (C=O) groups excluding carboxylic acids is 1. The van der Waals surface area contributed by atoms with Crippen LogP contribution in [0.1, 0.15) is 51.4 Å². The molecular formula is C16H31N3O2. The lowest BCUT2D eigenvalue weighted by molar-refractivity contribution is 0.170. The molecule has 0 aromatic carbocycles. The number of hydrogen-bond donors (Lipinski definition) is 3. The molecule has 2 aliphatic carbocycles. The fourth-order valence-electron chi connectivity index (χ4n) is 3.67. The van der Waals surface area contributed by atoms with Crippen LogP contribution in [0, 0.1) is 5.92 Å². The number of rotatable bonds is 4. The Hall–Kier alpha value is -0.810. The van der Waals surface area contributed by atoms with Gasteiger partial charge in [0.25, 0.3) is 0 Å². The van der Waals surface area contributed by atoms with Gasteiger partial charge in [-0.15, -0.1) is 0 Å². The Morgan fingerprint density at radius 2 is 1.71 bits per heavy atom. The van der Waals surface area contributed by atoms with Crippen molar-refractivity contribution in [2.24, 2.45) is 5.92 Å². The molecule has 2 aliphatic rings. The lowest BCUT2D eigenvalue weighted by Gasteiger charge is -2.34. The van der Waals surface area contributed by atoms with Crippen molar-refractivity contribution in [1.82, 2.24) is 15.5 Å². The number of aliphatic hydroxyl groups excluding tert-OH is 1. The van der Waals surface area contributed by atoms with Crippen molar-refractivity contribution in [3.05, 3.63) is 0 Å². The van der Waals surface area contributed by atoms with Gasteiger partial charge in [-0.1, -0.05) is 0 Å². The summed E-state index contributed by atoms with van der Waals surface area (Å²) in [5, 5.41) is 15.4. The first-order chi connectivity index (χ1) is 10.1. The Kier molecular flexibility index (Phi) is 6.30. The van der Waals surface area contributed by atoms with E-state index in [4.69, 9.17) is 5.11 Å². The standard InChI is InChI=1S/C16H31N3O2/c1-19(2)15-5-3-4-14(10-15)18-16(21)17-13-8-6-12(11-20)7-9-13/h12-15,20H,3-11H2,1-2H3,(H2,17,18,21). The normalized spacial score (nSPS) is 33.7. The molecule has 0 aliphatic heterocycles. The van der Waals surface area contributed by atoms with Gasteiger partial charge in [0.15, 0.2) is 0 Å². The summed E-state index contributed by atoms with van der Waals surface area (Å²) in [6, 6.07) is 1.16. The predicted molar refractivity (Wildman–Crippen MR) is 84.2 cm³/mol. The number of amides is 2. The maximum absolute atomic E-state index is 12.1. The van der Waals surface area contributed by atoms with Crippen molar-refractivity contribution in [2.75, 3.05) is 20.7 Å². The lowest BCUT2D eigenvalue weighted by Crippen LogP contribution is -2.50. The van der Waals surface area contributed by atoms with Gasteiger partial charge in [-0.2, -0.15) is 0 Å².